The first kappa shape index (κ1) is 14.2. The van der Waals surface area contributed by atoms with Crippen LogP contribution < -0.4 is 4.74 Å². The molecule has 1 nitrogen and oxygen atoms in total. The fourth-order valence-corrected chi connectivity index (χ4v) is 2.29. The fourth-order valence-electron chi connectivity index (χ4n) is 1.72. The molecule has 0 fully saturated rings. The lowest BCUT2D eigenvalue weighted by atomic mass is 10.1. The van der Waals surface area contributed by atoms with Crippen molar-refractivity contribution < 1.29 is 9.13 Å². The van der Waals surface area contributed by atoms with Crippen molar-refractivity contribution in [1.29, 1.82) is 0 Å². The van der Waals surface area contributed by atoms with E-state index in [4.69, 9.17) is 27.9 Å². The minimum Gasteiger partial charge on any atom is -0.488 e. The molecule has 0 atom stereocenters. The molecule has 0 aliphatic heterocycles. The van der Waals surface area contributed by atoms with E-state index < -0.39 is 0 Å². The summed E-state index contributed by atoms with van der Waals surface area (Å²) in [5, 5.41) is 0.890. The molecule has 0 spiro atoms. The standard InChI is InChI=1S/C15H13Cl2FO/c1-9(2)19-15-13(16)7-11(8-14(15)17)10-3-5-12(18)6-4-10/h3-9H,1-2H3. The molecule has 2 aromatic rings. The van der Waals surface area contributed by atoms with Crippen molar-refractivity contribution in [3.8, 4) is 16.9 Å². The lowest BCUT2D eigenvalue weighted by molar-refractivity contribution is 0.243. The highest BCUT2D eigenvalue weighted by Crippen LogP contribution is 2.38. The Morgan fingerprint density at radius 1 is 0.947 bits per heavy atom. The zero-order chi connectivity index (χ0) is 14.0. The maximum Gasteiger partial charge on any atom is 0.156 e. The first-order valence-electron chi connectivity index (χ1n) is 5.89. The molecule has 4 heteroatoms. The predicted octanol–water partition coefficient (Wildman–Crippen LogP) is 5.59. The summed E-state index contributed by atoms with van der Waals surface area (Å²) in [7, 11) is 0. The van der Waals surface area contributed by atoms with Gasteiger partial charge in [-0.15, -0.1) is 0 Å². The average Bonchev–Trinajstić information content (AvgIpc) is 2.34. The van der Waals surface area contributed by atoms with Crippen LogP contribution in [0.5, 0.6) is 5.75 Å². The molecule has 0 aliphatic rings. The Labute approximate surface area is 121 Å². The first-order chi connectivity index (χ1) is 8.97. The summed E-state index contributed by atoms with van der Waals surface area (Å²) in [5.41, 5.74) is 1.67. The largest absolute Gasteiger partial charge is 0.488 e. The second-order valence-corrected chi connectivity index (χ2v) is 5.26. The van der Waals surface area contributed by atoms with Gasteiger partial charge in [-0.1, -0.05) is 35.3 Å². The highest BCUT2D eigenvalue weighted by Gasteiger charge is 2.12. The van der Waals surface area contributed by atoms with Crippen LogP contribution in [0.15, 0.2) is 36.4 Å². The lowest BCUT2D eigenvalue weighted by Crippen LogP contribution is -2.06. The van der Waals surface area contributed by atoms with Crippen LogP contribution >= 0.6 is 23.2 Å². The van der Waals surface area contributed by atoms with E-state index in [1.807, 2.05) is 13.8 Å². The fraction of sp³-hybridized carbons (Fsp3) is 0.200. The van der Waals surface area contributed by atoms with Crippen LogP contribution in [0.25, 0.3) is 11.1 Å². The van der Waals surface area contributed by atoms with Gasteiger partial charge in [-0.2, -0.15) is 0 Å². The topological polar surface area (TPSA) is 9.23 Å². The van der Waals surface area contributed by atoms with Gasteiger partial charge in [0.1, 0.15) is 5.82 Å². The Kier molecular flexibility index (Phi) is 4.33. The molecule has 0 heterocycles. The third kappa shape index (κ3) is 3.40. The molecule has 0 bridgehead atoms. The van der Waals surface area contributed by atoms with E-state index in [1.54, 1.807) is 24.3 Å². The van der Waals surface area contributed by atoms with E-state index in [2.05, 4.69) is 0 Å². The molecule has 100 valence electrons. The van der Waals surface area contributed by atoms with Gasteiger partial charge in [0.15, 0.2) is 5.75 Å². The summed E-state index contributed by atoms with van der Waals surface area (Å²) >= 11 is 12.4. The Morgan fingerprint density at radius 2 is 1.47 bits per heavy atom. The van der Waals surface area contributed by atoms with Gasteiger partial charge in [-0.05, 0) is 49.2 Å². The maximum absolute atomic E-state index is 12.9. The van der Waals surface area contributed by atoms with Crippen LogP contribution in [0.3, 0.4) is 0 Å². The molecule has 0 unspecified atom stereocenters. The number of ether oxygens (including phenoxy) is 1. The third-order valence-corrected chi connectivity index (χ3v) is 3.09. The zero-order valence-corrected chi connectivity index (χ0v) is 12.1. The molecule has 2 rings (SSSR count). The molecule has 0 amide bonds. The van der Waals surface area contributed by atoms with Gasteiger partial charge in [-0.25, -0.2) is 4.39 Å². The Hall–Kier alpha value is -1.25. The van der Waals surface area contributed by atoms with Crippen molar-refractivity contribution in [2.24, 2.45) is 0 Å². The van der Waals surface area contributed by atoms with E-state index in [9.17, 15) is 4.39 Å². The van der Waals surface area contributed by atoms with Crippen LogP contribution in [0, 0.1) is 5.82 Å². The predicted molar refractivity (Wildman–Crippen MR) is 77.6 cm³/mol. The van der Waals surface area contributed by atoms with Crippen molar-refractivity contribution >= 4 is 23.2 Å². The second-order valence-electron chi connectivity index (χ2n) is 4.44. The van der Waals surface area contributed by atoms with Crippen molar-refractivity contribution in [2.75, 3.05) is 0 Å². The molecule has 19 heavy (non-hydrogen) atoms. The van der Waals surface area contributed by atoms with Gasteiger partial charge in [-0.3, -0.25) is 0 Å². The monoisotopic (exact) mass is 298 g/mol. The molecule has 0 aliphatic carbocycles. The lowest BCUT2D eigenvalue weighted by Gasteiger charge is -2.14. The first-order valence-corrected chi connectivity index (χ1v) is 6.64. The van der Waals surface area contributed by atoms with Crippen LogP contribution in [0.2, 0.25) is 10.0 Å². The number of benzene rings is 2. The van der Waals surface area contributed by atoms with Gasteiger partial charge >= 0.3 is 0 Å². The number of hydrogen-bond acceptors (Lipinski definition) is 1. The Bertz CT molecular complexity index is 556. The minimum atomic E-state index is -0.277. The third-order valence-electron chi connectivity index (χ3n) is 2.53. The molecular formula is C15H13Cl2FO. The van der Waals surface area contributed by atoms with Crippen LogP contribution in [-0.4, -0.2) is 6.10 Å². The van der Waals surface area contributed by atoms with E-state index in [1.165, 1.54) is 12.1 Å². The quantitative estimate of drug-likeness (QED) is 0.718. The van der Waals surface area contributed by atoms with Crippen molar-refractivity contribution in [3.05, 3.63) is 52.3 Å². The minimum absolute atomic E-state index is 0.00771. The van der Waals surface area contributed by atoms with Gasteiger partial charge in [0.25, 0.3) is 0 Å². The summed E-state index contributed by atoms with van der Waals surface area (Å²) in [4.78, 5) is 0. The summed E-state index contributed by atoms with van der Waals surface area (Å²) < 4.78 is 18.5. The van der Waals surface area contributed by atoms with Crippen LogP contribution in [-0.2, 0) is 0 Å². The Balaban J connectivity index is 2.42. The highest BCUT2D eigenvalue weighted by atomic mass is 35.5. The number of halogens is 3. The van der Waals surface area contributed by atoms with Gasteiger partial charge in [0, 0.05) is 0 Å². The van der Waals surface area contributed by atoms with E-state index in [0.717, 1.165) is 11.1 Å². The molecular weight excluding hydrogens is 286 g/mol. The van der Waals surface area contributed by atoms with Crippen molar-refractivity contribution in [1.82, 2.24) is 0 Å². The summed E-state index contributed by atoms with van der Waals surface area (Å²) in [6, 6.07) is 9.68. The maximum atomic E-state index is 12.9. The normalized spacial score (nSPS) is 10.8. The van der Waals surface area contributed by atoms with Crippen LogP contribution in [0.4, 0.5) is 4.39 Å². The zero-order valence-electron chi connectivity index (χ0n) is 10.6. The molecule has 0 aromatic heterocycles. The van der Waals surface area contributed by atoms with E-state index >= 15 is 0 Å². The number of rotatable bonds is 3. The second kappa shape index (κ2) is 5.81. The molecule has 2 aromatic carbocycles. The summed E-state index contributed by atoms with van der Waals surface area (Å²) in [6.07, 6.45) is -0.00771. The van der Waals surface area contributed by atoms with Crippen molar-refractivity contribution in [3.63, 3.8) is 0 Å². The van der Waals surface area contributed by atoms with Crippen molar-refractivity contribution in [2.45, 2.75) is 20.0 Å². The Morgan fingerprint density at radius 3 is 1.95 bits per heavy atom. The average molecular weight is 299 g/mol. The van der Waals surface area contributed by atoms with Gasteiger partial charge in [0.2, 0.25) is 0 Å². The highest BCUT2D eigenvalue weighted by molar-refractivity contribution is 6.37. The molecule has 0 radical (unpaired) electrons. The molecule has 0 saturated heterocycles. The number of hydrogen-bond donors (Lipinski definition) is 0. The van der Waals surface area contributed by atoms with Gasteiger partial charge < -0.3 is 4.74 Å². The van der Waals surface area contributed by atoms with Gasteiger partial charge in [0.05, 0.1) is 16.1 Å². The SMILES string of the molecule is CC(C)Oc1c(Cl)cc(-c2ccc(F)cc2)cc1Cl. The summed E-state index contributed by atoms with van der Waals surface area (Å²) in [5.74, 6) is 0.199. The summed E-state index contributed by atoms with van der Waals surface area (Å²) in [6.45, 7) is 3.81. The van der Waals surface area contributed by atoms with E-state index in [0.29, 0.717) is 15.8 Å². The smallest absolute Gasteiger partial charge is 0.156 e. The van der Waals surface area contributed by atoms with Crippen LogP contribution in [0.1, 0.15) is 13.8 Å². The van der Waals surface area contributed by atoms with E-state index in [-0.39, 0.29) is 11.9 Å². The molecule has 0 N–H and O–H groups in total. The molecule has 0 saturated carbocycles.